The molecule has 0 unspecified atom stereocenters. The fraction of sp³-hybridized carbons (Fsp3) is 0.289. The molecular weight excluding hydrogens is 708 g/mol. The molecule has 0 spiro atoms. The Balaban J connectivity index is 1.29. The molecular formula is C45H46F4N2O4. The van der Waals surface area contributed by atoms with Gasteiger partial charge in [-0.3, -0.25) is 0 Å². The predicted octanol–water partition coefficient (Wildman–Crippen LogP) is 11.7. The number of ether oxygens (including phenoxy) is 2. The number of phenolic OH excluding ortho intramolecular Hbond substituents is 2. The van der Waals surface area contributed by atoms with E-state index < -0.39 is 35.5 Å². The molecule has 6 rings (SSSR count). The van der Waals surface area contributed by atoms with E-state index in [-0.39, 0.29) is 63.0 Å². The van der Waals surface area contributed by atoms with E-state index in [0.717, 1.165) is 57.2 Å². The number of nitrogens with zero attached hydrogens (tertiary/aromatic N) is 2. The summed E-state index contributed by atoms with van der Waals surface area (Å²) in [4.78, 5) is 0. The first-order chi connectivity index (χ1) is 25.9. The molecule has 2 aromatic heterocycles. The third-order valence-electron chi connectivity index (χ3n) is 11.0. The van der Waals surface area contributed by atoms with Crippen molar-refractivity contribution in [2.45, 2.75) is 87.9 Å². The van der Waals surface area contributed by atoms with Crippen molar-refractivity contribution >= 4 is 0 Å². The number of rotatable bonds is 10. The fourth-order valence-corrected chi connectivity index (χ4v) is 7.53. The molecule has 0 saturated carbocycles. The van der Waals surface area contributed by atoms with E-state index in [2.05, 4.69) is 0 Å². The summed E-state index contributed by atoms with van der Waals surface area (Å²) in [5.41, 5.74) is 8.31. The first-order valence-electron chi connectivity index (χ1n) is 18.2. The smallest absolute Gasteiger partial charge is 0.147 e. The standard InChI is InChI=1S/C45H46F4N2O4/c1-22(54-42-13-11-32(46)16-36(42)38-18-34(48)20-40(44(38)52)50-28(7)24(3)25(4)29(50)8)15-23(2)55-43-14-12-33(47)17-37(43)39-19-35(49)21-41(45(39)53)51-30(9)26(5)27(6)31(51)10/h11-14,16-23,52-53H,15H2,1-10H3/t22-,23+. The molecule has 0 aliphatic carbocycles. The van der Waals surface area contributed by atoms with E-state index in [1.165, 1.54) is 48.5 Å². The Morgan fingerprint density at radius 3 is 1.11 bits per heavy atom. The van der Waals surface area contributed by atoms with Gasteiger partial charge in [0.1, 0.15) is 46.3 Å². The molecule has 10 heteroatoms. The maximum absolute atomic E-state index is 15.3. The van der Waals surface area contributed by atoms with Crippen LogP contribution in [0.2, 0.25) is 0 Å². The first kappa shape index (κ1) is 39.1. The number of aromatic nitrogens is 2. The number of benzene rings is 4. The summed E-state index contributed by atoms with van der Waals surface area (Å²) in [5.74, 6) is -2.49. The average molecular weight is 755 g/mol. The van der Waals surface area contributed by atoms with Gasteiger partial charge < -0.3 is 28.8 Å². The van der Waals surface area contributed by atoms with E-state index in [9.17, 15) is 19.0 Å². The van der Waals surface area contributed by atoms with Crippen LogP contribution in [0.25, 0.3) is 33.6 Å². The number of halogens is 4. The molecule has 0 aliphatic rings. The molecule has 6 nitrogen and oxygen atoms in total. The summed E-state index contributed by atoms with van der Waals surface area (Å²) < 4.78 is 76.3. The fourth-order valence-electron chi connectivity index (χ4n) is 7.53. The van der Waals surface area contributed by atoms with Crippen molar-refractivity contribution in [1.29, 1.82) is 0 Å². The Hall–Kier alpha value is -5.64. The van der Waals surface area contributed by atoms with Crippen LogP contribution < -0.4 is 9.47 Å². The van der Waals surface area contributed by atoms with Crippen LogP contribution in [0.15, 0.2) is 60.7 Å². The number of hydrogen-bond acceptors (Lipinski definition) is 4. The van der Waals surface area contributed by atoms with Crippen LogP contribution in [0, 0.1) is 78.7 Å². The molecule has 4 aromatic carbocycles. The Morgan fingerprint density at radius 1 is 0.473 bits per heavy atom. The Kier molecular flexibility index (Phi) is 10.6. The lowest BCUT2D eigenvalue weighted by Crippen LogP contribution is -2.23. The quantitative estimate of drug-likeness (QED) is 0.137. The van der Waals surface area contributed by atoms with E-state index in [1.807, 2.05) is 55.4 Å². The maximum Gasteiger partial charge on any atom is 0.147 e. The van der Waals surface area contributed by atoms with Gasteiger partial charge in [-0.15, -0.1) is 0 Å². The molecule has 0 fully saturated rings. The van der Waals surface area contributed by atoms with Crippen molar-refractivity contribution in [2.24, 2.45) is 0 Å². The van der Waals surface area contributed by atoms with Crippen LogP contribution in [-0.2, 0) is 0 Å². The lowest BCUT2D eigenvalue weighted by Gasteiger charge is -2.24. The normalized spacial score (nSPS) is 12.6. The zero-order valence-electron chi connectivity index (χ0n) is 32.8. The van der Waals surface area contributed by atoms with E-state index >= 15 is 8.78 Å². The van der Waals surface area contributed by atoms with Gasteiger partial charge in [0.15, 0.2) is 0 Å². The van der Waals surface area contributed by atoms with Gasteiger partial charge in [0, 0.05) is 63.6 Å². The molecule has 55 heavy (non-hydrogen) atoms. The maximum atomic E-state index is 15.3. The summed E-state index contributed by atoms with van der Waals surface area (Å²) in [7, 11) is 0. The van der Waals surface area contributed by atoms with Crippen molar-refractivity contribution in [2.75, 3.05) is 0 Å². The summed E-state index contributed by atoms with van der Waals surface area (Å²) >= 11 is 0. The number of phenols is 2. The zero-order valence-corrected chi connectivity index (χ0v) is 32.8. The molecule has 0 radical (unpaired) electrons. The molecule has 2 atom stereocenters. The minimum atomic E-state index is -0.619. The monoisotopic (exact) mass is 754 g/mol. The zero-order chi connectivity index (χ0) is 40.2. The summed E-state index contributed by atoms with van der Waals surface area (Å²) in [6.07, 6.45) is -0.842. The Bertz CT molecular complexity index is 2240. The second-order valence-corrected chi connectivity index (χ2v) is 14.5. The summed E-state index contributed by atoms with van der Waals surface area (Å²) in [6.45, 7) is 19.0. The highest BCUT2D eigenvalue weighted by molar-refractivity contribution is 5.81. The van der Waals surface area contributed by atoms with Gasteiger partial charge in [0.05, 0.1) is 23.6 Å². The van der Waals surface area contributed by atoms with Crippen molar-refractivity contribution in [3.8, 4) is 56.6 Å². The van der Waals surface area contributed by atoms with Crippen molar-refractivity contribution in [1.82, 2.24) is 9.13 Å². The SMILES string of the molecule is Cc1c(C)c(C)n(-c2cc(F)cc(-c3cc(F)ccc3O[C@H](C)C[C@H](C)Oc3ccc(F)cc3-c3cc(F)cc(-n4c(C)c(C)c(C)c4C)c3O)c2O)c1C. The molecule has 288 valence electrons. The van der Waals surface area contributed by atoms with Gasteiger partial charge >= 0.3 is 0 Å². The molecule has 0 aliphatic heterocycles. The average Bonchev–Trinajstić information content (AvgIpc) is 3.44. The van der Waals surface area contributed by atoms with Gasteiger partial charge in [-0.2, -0.15) is 0 Å². The lowest BCUT2D eigenvalue weighted by molar-refractivity contribution is 0.131. The van der Waals surface area contributed by atoms with E-state index in [4.69, 9.17) is 9.47 Å². The third kappa shape index (κ3) is 7.17. The van der Waals surface area contributed by atoms with Crippen LogP contribution in [-0.4, -0.2) is 31.6 Å². The molecule has 2 N–H and O–H groups in total. The van der Waals surface area contributed by atoms with Gasteiger partial charge in [-0.25, -0.2) is 17.6 Å². The second-order valence-electron chi connectivity index (χ2n) is 14.5. The van der Waals surface area contributed by atoms with Gasteiger partial charge in [0.2, 0.25) is 0 Å². The molecule has 0 bridgehead atoms. The van der Waals surface area contributed by atoms with Crippen LogP contribution >= 0.6 is 0 Å². The first-order valence-corrected chi connectivity index (χ1v) is 18.2. The van der Waals surface area contributed by atoms with Crippen LogP contribution in [0.3, 0.4) is 0 Å². The van der Waals surface area contributed by atoms with Gasteiger partial charge in [0.25, 0.3) is 0 Å². The minimum absolute atomic E-state index is 0.0599. The topological polar surface area (TPSA) is 68.8 Å². The predicted molar refractivity (Wildman–Crippen MR) is 208 cm³/mol. The minimum Gasteiger partial charge on any atom is -0.505 e. The summed E-state index contributed by atoms with van der Waals surface area (Å²) in [6, 6.07) is 12.5. The van der Waals surface area contributed by atoms with Crippen molar-refractivity contribution < 1.29 is 37.2 Å². The Labute approximate surface area is 319 Å². The molecule has 0 saturated heterocycles. The van der Waals surface area contributed by atoms with Gasteiger partial charge in [-0.05, 0) is 140 Å². The number of hydrogen-bond donors (Lipinski definition) is 2. The summed E-state index contributed by atoms with van der Waals surface area (Å²) in [5, 5.41) is 23.1. The van der Waals surface area contributed by atoms with E-state index in [0.29, 0.717) is 0 Å². The highest BCUT2D eigenvalue weighted by atomic mass is 19.1. The lowest BCUT2D eigenvalue weighted by atomic mass is 10.0. The van der Waals surface area contributed by atoms with Crippen LogP contribution in [0.5, 0.6) is 23.0 Å². The highest BCUT2D eigenvalue weighted by Gasteiger charge is 2.25. The van der Waals surface area contributed by atoms with Crippen molar-refractivity contribution in [3.63, 3.8) is 0 Å². The second kappa shape index (κ2) is 14.9. The van der Waals surface area contributed by atoms with Crippen molar-refractivity contribution in [3.05, 3.63) is 129 Å². The number of aromatic hydroxyl groups is 2. The van der Waals surface area contributed by atoms with Gasteiger partial charge in [-0.1, -0.05) is 0 Å². The molecule has 2 heterocycles. The molecule has 6 aromatic rings. The van der Waals surface area contributed by atoms with Crippen LogP contribution in [0.4, 0.5) is 17.6 Å². The largest absolute Gasteiger partial charge is 0.505 e. The third-order valence-corrected chi connectivity index (χ3v) is 11.0. The van der Waals surface area contributed by atoms with E-state index in [1.54, 1.807) is 23.0 Å². The van der Waals surface area contributed by atoms with Crippen LogP contribution in [0.1, 0.15) is 65.3 Å². The molecule has 0 amide bonds. The Morgan fingerprint density at radius 2 is 0.782 bits per heavy atom. The highest BCUT2D eigenvalue weighted by Crippen LogP contribution is 2.44.